The number of hydrogen-bond donors (Lipinski definition) is 1. The van der Waals surface area contributed by atoms with Gasteiger partial charge >= 0.3 is 0 Å². The first-order chi connectivity index (χ1) is 19.3. The summed E-state index contributed by atoms with van der Waals surface area (Å²) in [4.78, 5) is 18.8. The summed E-state index contributed by atoms with van der Waals surface area (Å²) in [6, 6.07) is 18.6. The van der Waals surface area contributed by atoms with Gasteiger partial charge in [0, 0.05) is 76.6 Å². The van der Waals surface area contributed by atoms with Crippen molar-refractivity contribution in [2.75, 3.05) is 49.4 Å². The second-order valence-corrected chi connectivity index (χ2v) is 13.4. The van der Waals surface area contributed by atoms with Crippen LogP contribution in [-0.2, 0) is 9.73 Å². The number of pyridine rings is 1. The van der Waals surface area contributed by atoms with Crippen molar-refractivity contribution in [1.82, 2.24) is 24.4 Å². The Morgan fingerprint density at radius 1 is 1.12 bits per heavy atom. The molecule has 1 aliphatic carbocycles. The smallest absolute Gasteiger partial charge is 0.229 e. The number of aromatic nitrogens is 4. The molecule has 3 aromatic heterocycles. The second-order valence-electron chi connectivity index (χ2n) is 10.9. The fraction of sp³-hybridized carbons (Fsp3) is 0.379. The molecule has 1 saturated heterocycles. The zero-order valence-corrected chi connectivity index (χ0v) is 23.8. The quantitative estimate of drug-likeness (QED) is 0.345. The fourth-order valence-corrected chi connectivity index (χ4v) is 5.75. The van der Waals surface area contributed by atoms with Crippen molar-refractivity contribution < 1.29 is 4.21 Å². The third-order valence-electron chi connectivity index (χ3n) is 7.42. The highest BCUT2D eigenvalue weighted by Gasteiger charge is 2.29. The van der Waals surface area contributed by atoms with Gasteiger partial charge < -0.3 is 10.2 Å². The molecule has 6 rings (SSSR count). The van der Waals surface area contributed by atoms with Crippen molar-refractivity contribution in [3.63, 3.8) is 0 Å². The van der Waals surface area contributed by atoms with Gasteiger partial charge in [-0.3, -0.25) is 9.47 Å². The minimum atomic E-state index is -2.33. The Bertz CT molecular complexity index is 1700. The molecular formula is C29H33N9OS. The maximum absolute atomic E-state index is 12.3. The van der Waals surface area contributed by atoms with Gasteiger partial charge in [-0.05, 0) is 68.3 Å². The highest BCUT2D eigenvalue weighted by Crippen LogP contribution is 2.43. The number of hydrogen-bond acceptors (Lipinski definition) is 9. The van der Waals surface area contributed by atoms with Crippen LogP contribution >= 0.6 is 0 Å². The van der Waals surface area contributed by atoms with Crippen molar-refractivity contribution in [2.24, 2.45) is 4.36 Å². The van der Waals surface area contributed by atoms with Crippen molar-refractivity contribution in [1.29, 1.82) is 5.26 Å². The minimum Gasteiger partial charge on any atom is -0.369 e. The third-order valence-corrected chi connectivity index (χ3v) is 8.05. The van der Waals surface area contributed by atoms with E-state index < -0.39 is 9.73 Å². The number of nitrogens with zero attached hydrogens (tertiary/aromatic N) is 8. The molecule has 0 bridgehead atoms. The van der Waals surface area contributed by atoms with Gasteiger partial charge in [-0.2, -0.15) is 14.6 Å². The van der Waals surface area contributed by atoms with E-state index in [0.717, 1.165) is 60.6 Å². The molecule has 2 fully saturated rings. The lowest BCUT2D eigenvalue weighted by molar-refractivity contribution is 0.221. The lowest BCUT2D eigenvalue weighted by Gasteiger charge is -2.39. The molecular weight excluding hydrogens is 522 g/mol. The van der Waals surface area contributed by atoms with Gasteiger partial charge in [0.05, 0.1) is 12.5 Å². The number of fused-ring (bicyclic) bond motifs is 1. The van der Waals surface area contributed by atoms with Crippen LogP contribution in [0.2, 0.25) is 0 Å². The first-order valence-electron chi connectivity index (χ1n) is 13.5. The standard InChI is InChI=1S/C29H33N9OS/c1-36-15-16-37(19-24(36)13-14-30)23-11-9-22(10-12-23)32-29-31-18-21-17-25(20-7-8-20)38(28(21)34-29)27-6-4-5-26(33-27)35-40(2,3)39/h4-6,9-12,17-18,20,24H,7-8,13,15-16,19H2,1-3H3,(H,31,32,34)/t24-/m0/s1. The molecule has 4 aromatic rings. The zero-order valence-electron chi connectivity index (χ0n) is 23.0. The molecule has 10 nitrogen and oxygen atoms in total. The molecule has 4 heterocycles. The summed E-state index contributed by atoms with van der Waals surface area (Å²) in [5, 5.41) is 13.5. The molecule has 1 aromatic carbocycles. The highest BCUT2D eigenvalue weighted by molar-refractivity contribution is 7.92. The van der Waals surface area contributed by atoms with Crippen molar-refractivity contribution in [3.05, 3.63) is 60.4 Å². The fourth-order valence-electron chi connectivity index (χ4n) is 5.19. The summed E-state index contributed by atoms with van der Waals surface area (Å²) in [7, 11) is -0.243. The molecule has 0 unspecified atom stereocenters. The van der Waals surface area contributed by atoms with Crippen LogP contribution in [0.3, 0.4) is 0 Å². The Labute approximate surface area is 234 Å². The monoisotopic (exact) mass is 555 g/mol. The average molecular weight is 556 g/mol. The molecule has 1 saturated carbocycles. The predicted molar refractivity (Wildman–Crippen MR) is 159 cm³/mol. The van der Waals surface area contributed by atoms with E-state index in [4.69, 9.17) is 15.2 Å². The van der Waals surface area contributed by atoms with Crippen LogP contribution in [0.15, 0.2) is 59.1 Å². The number of benzene rings is 1. The largest absolute Gasteiger partial charge is 0.369 e. The second kappa shape index (κ2) is 10.5. The predicted octanol–water partition coefficient (Wildman–Crippen LogP) is 4.83. The first kappa shape index (κ1) is 26.2. The lowest BCUT2D eigenvalue weighted by Crippen LogP contribution is -2.51. The molecule has 1 atom stereocenters. The molecule has 1 N–H and O–H groups in total. The normalized spacial score (nSPS) is 18.1. The van der Waals surface area contributed by atoms with E-state index >= 15 is 0 Å². The molecule has 2 aliphatic rings. The van der Waals surface area contributed by atoms with Crippen LogP contribution in [-0.4, -0.2) is 73.9 Å². The van der Waals surface area contributed by atoms with Gasteiger partial charge in [0.25, 0.3) is 0 Å². The van der Waals surface area contributed by atoms with Gasteiger partial charge in [0.15, 0.2) is 11.5 Å². The van der Waals surface area contributed by atoms with Gasteiger partial charge in [-0.1, -0.05) is 6.07 Å². The Kier molecular flexibility index (Phi) is 6.90. The minimum absolute atomic E-state index is 0.241. The molecule has 11 heteroatoms. The summed E-state index contributed by atoms with van der Waals surface area (Å²) in [5.74, 6) is 2.12. The van der Waals surface area contributed by atoms with Crippen molar-refractivity contribution >= 4 is 43.9 Å². The third kappa shape index (κ3) is 5.64. The average Bonchev–Trinajstić information content (AvgIpc) is 3.70. The van der Waals surface area contributed by atoms with E-state index in [1.807, 2.05) is 30.5 Å². The molecule has 40 heavy (non-hydrogen) atoms. The molecule has 0 spiro atoms. The summed E-state index contributed by atoms with van der Waals surface area (Å²) >= 11 is 0. The van der Waals surface area contributed by atoms with Crippen LogP contribution in [0, 0.1) is 11.3 Å². The van der Waals surface area contributed by atoms with Crippen LogP contribution in [0.25, 0.3) is 16.9 Å². The summed E-state index contributed by atoms with van der Waals surface area (Å²) in [6.07, 6.45) is 7.86. The van der Waals surface area contributed by atoms with Gasteiger partial charge in [0.2, 0.25) is 5.95 Å². The van der Waals surface area contributed by atoms with E-state index in [9.17, 15) is 4.21 Å². The van der Waals surface area contributed by atoms with E-state index in [1.165, 1.54) is 0 Å². The SMILES string of the molecule is CN1CCN(c2ccc(Nc3ncc4cc(C5CC5)n(-c5cccc(N=S(C)(C)=O)n5)c4n3)cc2)C[C@@H]1CC#N. The zero-order chi connectivity index (χ0) is 27.9. The number of rotatable bonds is 7. The number of piperazine rings is 1. The Balaban J connectivity index is 1.28. The maximum Gasteiger partial charge on any atom is 0.229 e. The molecule has 1 aliphatic heterocycles. The van der Waals surface area contributed by atoms with Crippen molar-refractivity contribution in [3.8, 4) is 11.9 Å². The van der Waals surface area contributed by atoms with Crippen LogP contribution in [0.4, 0.5) is 23.1 Å². The Morgan fingerprint density at radius 2 is 1.93 bits per heavy atom. The number of nitrogens with one attached hydrogen (secondary N) is 1. The van der Waals surface area contributed by atoms with Crippen molar-refractivity contribution in [2.45, 2.75) is 31.2 Å². The summed E-state index contributed by atoms with van der Waals surface area (Å²) in [5.41, 5.74) is 3.97. The van der Waals surface area contributed by atoms with Gasteiger partial charge in [0.1, 0.15) is 5.82 Å². The summed E-state index contributed by atoms with van der Waals surface area (Å²) in [6.45, 7) is 2.71. The first-order valence-corrected chi connectivity index (χ1v) is 15.8. The maximum atomic E-state index is 12.3. The highest BCUT2D eigenvalue weighted by atomic mass is 32.2. The summed E-state index contributed by atoms with van der Waals surface area (Å²) < 4.78 is 18.7. The topological polar surface area (TPSA) is 115 Å². The van der Waals surface area contributed by atoms with Gasteiger partial charge in [-0.25, -0.2) is 14.2 Å². The van der Waals surface area contributed by atoms with E-state index in [0.29, 0.717) is 29.9 Å². The number of nitriles is 1. The van der Waals surface area contributed by atoms with E-state index in [-0.39, 0.29) is 6.04 Å². The van der Waals surface area contributed by atoms with E-state index in [2.05, 4.69) is 60.3 Å². The van der Waals surface area contributed by atoms with Crippen LogP contribution < -0.4 is 10.2 Å². The van der Waals surface area contributed by atoms with Gasteiger partial charge in [-0.15, -0.1) is 0 Å². The Morgan fingerprint density at radius 3 is 2.65 bits per heavy atom. The number of anilines is 3. The molecule has 0 radical (unpaired) electrons. The Hall–Kier alpha value is -4.01. The van der Waals surface area contributed by atoms with Crippen LogP contribution in [0.5, 0.6) is 0 Å². The molecule has 206 valence electrons. The lowest BCUT2D eigenvalue weighted by atomic mass is 10.1. The van der Waals surface area contributed by atoms with E-state index in [1.54, 1.807) is 18.6 Å². The van der Waals surface area contributed by atoms with Crippen LogP contribution in [0.1, 0.15) is 30.9 Å². The molecule has 0 amide bonds. The number of likely N-dealkylation sites (N-methyl/N-ethyl adjacent to an activating group) is 1.